The van der Waals surface area contributed by atoms with Gasteiger partial charge in [0.25, 0.3) is 0 Å². The van der Waals surface area contributed by atoms with Gasteiger partial charge in [0, 0.05) is 12.3 Å². The number of halogens is 1. The first-order valence-electron chi connectivity index (χ1n) is 4.30. The Morgan fingerprint density at radius 3 is 2.55 bits per heavy atom. The summed E-state index contributed by atoms with van der Waals surface area (Å²) in [6.07, 6.45) is 2.50. The predicted octanol–water partition coefficient (Wildman–Crippen LogP) is 2.67. The molecule has 0 N–H and O–H groups in total. The van der Waals surface area contributed by atoms with Crippen molar-refractivity contribution in [3.63, 3.8) is 0 Å². The highest BCUT2D eigenvalue weighted by Gasteiger charge is 2.34. The summed E-state index contributed by atoms with van der Waals surface area (Å²) in [5.74, 6) is 0.262. The monoisotopic (exact) mass is 155 g/mol. The molecule has 2 heteroatoms. The molecule has 0 bridgehead atoms. The number of hydrogen-bond acceptors (Lipinski definition) is 1. The van der Waals surface area contributed by atoms with Gasteiger partial charge in [0.2, 0.25) is 0 Å². The first-order chi connectivity index (χ1) is 5.29. The summed E-state index contributed by atoms with van der Waals surface area (Å²) >= 11 is 0. The Morgan fingerprint density at radius 2 is 2.09 bits per heavy atom. The zero-order valence-corrected chi connectivity index (χ0v) is 6.89. The van der Waals surface area contributed by atoms with E-state index in [0.717, 1.165) is 19.3 Å². The van der Waals surface area contributed by atoms with Crippen LogP contribution in [-0.2, 0) is 0 Å². The minimum Gasteiger partial charge on any atom is -0.247 e. The van der Waals surface area contributed by atoms with E-state index in [1.165, 1.54) is 0 Å². The third kappa shape index (κ3) is 1.71. The Bertz CT molecular complexity index is 161. The van der Waals surface area contributed by atoms with Gasteiger partial charge in [0.1, 0.15) is 6.17 Å². The van der Waals surface area contributed by atoms with E-state index >= 15 is 0 Å². The van der Waals surface area contributed by atoms with Gasteiger partial charge in [-0.2, -0.15) is 5.26 Å². The van der Waals surface area contributed by atoms with Crippen molar-refractivity contribution in [3.05, 3.63) is 0 Å². The molecule has 1 aliphatic carbocycles. The van der Waals surface area contributed by atoms with Crippen LogP contribution in [0.2, 0.25) is 0 Å². The van der Waals surface area contributed by atoms with Gasteiger partial charge in [-0.3, -0.25) is 0 Å². The summed E-state index contributed by atoms with van der Waals surface area (Å²) < 4.78 is 13.3. The van der Waals surface area contributed by atoms with Crippen LogP contribution in [0.15, 0.2) is 0 Å². The highest BCUT2D eigenvalue weighted by molar-refractivity contribution is 4.89. The third-order valence-electron chi connectivity index (χ3n) is 2.69. The van der Waals surface area contributed by atoms with E-state index in [9.17, 15) is 4.39 Å². The van der Waals surface area contributed by atoms with Gasteiger partial charge < -0.3 is 0 Å². The fraction of sp³-hybridized carbons (Fsp3) is 0.889. The molecular weight excluding hydrogens is 141 g/mol. The maximum atomic E-state index is 13.3. The molecule has 0 aromatic carbocycles. The van der Waals surface area contributed by atoms with E-state index < -0.39 is 6.17 Å². The molecule has 3 unspecified atom stereocenters. The molecule has 0 radical (unpaired) electrons. The molecular formula is C9H14FN. The second kappa shape index (κ2) is 3.71. The van der Waals surface area contributed by atoms with Crippen LogP contribution in [-0.4, -0.2) is 6.17 Å². The quantitative estimate of drug-likeness (QED) is 0.601. The van der Waals surface area contributed by atoms with Crippen LogP contribution in [0, 0.1) is 23.2 Å². The highest BCUT2D eigenvalue weighted by Crippen LogP contribution is 2.37. The number of nitriles is 1. The van der Waals surface area contributed by atoms with Crippen LogP contribution < -0.4 is 0 Å². The molecule has 1 rings (SSSR count). The lowest BCUT2D eigenvalue weighted by Crippen LogP contribution is -2.14. The Morgan fingerprint density at radius 1 is 1.45 bits per heavy atom. The number of rotatable bonds is 2. The smallest absolute Gasteiger partial charge is 0.107 e. The van der Waals surface area contributed by atoms with Crippen LogP contribution in [0.25, 0.3) is 0 Å². The van der Waals surface area contributed by atoms with Crippen molar-refractivity contribution in [2.75, 3.05) is 0 Å². The first kappa shape index (κ1) is 8.52. The molecule has 0 amide bonds. The number of hydrogen-bond donors (Lipinski definition) is 0. The van der Waals surface area contributed by atoms with Crippen LogP contribution >= 0.6 is 0 Å². The van der Waals surface area contributed by atoms with E-state index in [4.69, 9.17) is 5.26 Å². The minimum absolute atomic E-state index is 0.0324. The SMILES string of the molecule is CCC1CCC(CC#N)C1F. The van der Waals surface area contributed by atoms with Gasteiger partial charge in [0.05, 0.1) is 6.07 Å². The van der Waals surface area contributed by atoms with Gasteiger partial charge in [-0.05, 0) is 18.8 Å². The average molecular weight is 155 g/mol. The molecule has 3 atom stereocenters. The molecule has 62 valence electrons. The van der Waals surface area contributed by atoms with Crippen molar-refractivity contribution in [3.8, 4) is 6.07 Å². The number of alkyl halides is 1. The summed E-state index contributed by atoms with van der Waals surface area (Å²) in [5.41, 5.74) is 0. The molecule has 1 saturated carbocycles. The van der Waals surface area contributed by atoms with Gasteiger partial charge in [-0.25, -0.2) is 4.39 Å². The molecule has 0 saturated heterocycles. The van der Waals surface area contributed by atoms with E-state index in [1.54, 1.807) is 0 Å². The standard InChI is InChI=1S/C9H14FN/c1-2-7-3-4-8(5-6-11)9(7)10/h7-9H,2-5H2,1H3. The molecule has 0 aromatic heterocycles. The fourth-order valence-corrected chi connectivity index (χ4v) is 1.89. The van der Waals surface area contributed by atoms with Crippen molar-refractivity contribution < 1.29 is 4.39 Å². The van der Waals surface area contributed by atoms with Gasteiger partial charge >= 0.3 is 0 Å². The van der Waals surface area contributed by atoms with Crippen molar-refractivity contribution in [2.24, 2.45) is 11.8 Å². The first-order valence-corrected chi connectivity index (χ1v) is 4.30. The second-order valence-corrected chi connectivity index (χ2v) is 3.31. The van der Waals surface area contributed by atoms with Crippen molar-refractivity contribution in [1.82, 2.24) is 0 Å². The Kier molecular flexibility index (Phi) is 2.87. The average Bonchev–Trinajstić information content (AvgIpc) is 2.34. The summed E-state index contributed by atoms with van der Waals surface area (Å²) in [4.78, 5) is 0. The Labute approximate surface area is 67.2 Å². The fourth-order valence-electron chi connectivity index (χ4n) is 1.89. The maximum absolute atomic E-state index is 13.3. The zero-order valence-electron chi connectivity index (χ0n) is 6.89. The number of nitrogens with zero attached hydrogens (tertiary/aromatic N) is 1. The molecule has 1 aliphatic rings. The van der Waals surface area contributed by atoms with Crippen molar-refractivity contribution in [1.29, 1.82) is 5.26 Å². The van der Waals surface area contributed by atoms with E-state index in [-0.39, 0.29) is 11.8 Å². The van der Waals surface area contributed by atoms with E-state index in [1.807, 2.05) is 13.0 Å². The summed E-state index contributed by atoms with van der Waals surface area (Å²) in [5, 5.41) is 8.39. The topological polar surface area (TPSA) is 23.8 Å². The molecule has 1 nitrogen and oxygen atoms in total. The normalized spacial score (nSPS) is 37.0. The van der Waals surface area contributed by atoms with Gasteiger partial charge in [-0.1, -0.05) is 13.3 Å². The van der Waals surface area contributed by atoms with Crippen LogP contribution in [0.4, 0.5) is 4.39 Å². The van der Waals surface area contributed by atoms with Crippen LogP contribution in [0.1, 0.15) is 32.6 Å². The van der Waals surface area contributed by atoms with E-state index in [0.29, 0.717) is 6.42 Å². The molecule has 0 spiro atoms. The summed E-state index contributed by atoms with van der Waals surface area (Å²) in [6, 6.07) is 2.04. The molecule has 1 fully saturated rings. The molecule has 0 aliphatic heterocycles. The predicted molar refractivity (Wildman–Crippen MR) is 41.6 cm³/mol. The zero-order chi connectivity index (χ0) is 8.27. The summed E-state index contributed by atoms with van der Waals surface area (Å²) in [6.45, 7) is 2.02. The summed E-state index contributed by atoms with van der Waals surface area (Å²) in [7, 11) is 0. The minimum atomic E-state index is -0.709. The van der Waals surface area contributed by atoms with E-state index in [2.05, 4.69) is 0 Å². The lowest BCUT2D eigenvalue weighted by atomic mass is 9.98. The Hall–Kier alpha value is -0.580. The van der Waals surface area contributed by atoms with Crippen molar-refractivity contribution in [2.45, 2.75) is 38.8 Å². The second-order valence-electron chi connectivity index (χ2n) is 3.31. The van der Waals surface area contributed by atoms with Crippen LogP contribution in [0.5, 0.6) is 0 Å². The van der Waals surface area contributed by atoms with Crippen LogP contribution in [0.3, 0.4) is 0 Å². The van der Waals surface area contributed by atoms with Gasteiger partial charge in [0.15, 0.2) is 0 Å². The lowest BCUT2D eigenvalue weighted by molar-refractivity contribution is 0.205. The lowest BCUT2D eigenvalue weighted by Gasteiger charge is -2.12. The molecule has 0 heterocycles. The Balaban J connectivity index is 2.43. The van der Waals surface area contributed by atoms with Crippen molar-refractivity contribution >= 4 is 0 Å². The third-order valence-corrected chi connectivity index (χ3v) is 2.69. The highest BCUT2D eigenvalue weighted by atomic mass is 19.1. The van der Waals surface area contributed by atoms with Gasteiger partial charge in [-0.15, -0.1) is 0 Å². The molecule has 0 aromatic rings. The largest absolute Gasteiger partial charge is 0.247 e. The maximum Gasteiger partial charge on any atom is 0.107 e. The molecule has 11 heavy (non-hydrogen) atoms.